The van der Waals surface area contributed by atoms with Crippen LogP contribution in [0.25, 0.3) is 0 Å². The quantitative estimate of drug-likeness (QED) is 0.608. The Morgan fingerprint density at radius 2 is 2.07 bits per heavy atom. The molecular weight excluding hydrogens is 214 g/mol. The van der Waals surface area contributed by atoms with Crippen LogP contribution < -0.4 is 5.73 Å². The van der Waals surface area contributed by atoms with Gasteiger partial charge in [0.1, 0.15) is 11.5 Å². The Morgan fingerprint density at radius 3 is 2.73 bits per heavy atom. The van der Waals surface area contributed by atoms with Crippen LogP contribution >= 0.6 is 11.6 Å². The highest BCUT2D eigenvalue weighted by Gasteiger charge is 2.05. The largest absolute Gasteiger partial charge is 0.508 e. The normalized spacial score (nSPS) is 10.5. The number of anilines is 1. The number of hydrogen-bond acceptors (Lipinski definition) is 3. The first-order valence-corrected chi connectivity index (χ1v) is 4.84. The summed E-state index contributed by atoms with van der Waals surface area (Å²) in [4.78, 5) is 0. The molecule has 1 aromatic heterocycles. The highest BCUT2D eigenvalue weighted by atomic mass is 35.5. The number of phenols is 1. The minimum Gasteiger partial charge on any atom is -0.508 e. The van der Waals surface area contributed by atoms with Crippen molar-refractivity contribution in [2.75, 3.05) is 5.73 Å². The molecule has 78 valence electrons. The molecule has 0 saturated carbocycles. The Kier molecular flexibility index (Phi) is 2.56. The van der Waals surface area contributed by atoms with Crippen molar-refractivity contribution in [1.82, 2.24) is 0 Å². The molecule has 0 fully saturated rings. The Bertz CT molecular complexity index is 479. The lowest BCUT2D eigenvalue weighted by Gasteiger charge is -2.03. The zero-order chi connectivity index (χ0) is 10.8. The van der Waals surface area contributed by atoms with Gasteiger partial charge in [-0.2, -0.15) is 0 Å². The maximum Gasteiger partial charge on any atom is 0.193 e. The maximum absolute atomic E-state index is 9.31. The summed E-state index contributed by atoms with van der Waals surface area (Å²) in [7, 11) is 0. The van der Waals surface area contributed by atoms with Crippen LogP contribution in [0.2, 0.25) is 5.22 Å². The van der Waals surface area contributed by atoms with E-state index in [1.54, 1.807) is 30.3 Å². The molecule has 3 nitrogen and oxygen atoms in total. The van der Waals surface area contributed by atoms with Crippen LogP contribution in [0.3, 0.4) is 0 Å². The van der Waals surface area contributed by atoms with Gasteiger partial charge in [0.05, 0.1) is 0 Å². The van der Waals surface area contributed by atoms with Crippen molar-refractivity contribution in [3.05, 3.63) is 46.9 Å². The molecule has 0 radical (unpaired) electrons. The van der Waals surface area contributed by atoms with Gasteiger partial charge >= 0.3 is 0 Å². The van der Waals surface area contributed by atoms with E-state index in [1.165, 1.54) is 0 Å². The molecule has 0 aliphatic heterocycles. The van der Waals surface area contributed by atoms with E-state index in [-0.39, 0.29) is 5.75 Å². The molecular formula is C11H10ClNO2. The molecule has 0 saturated heterocycles. The topological polar surface area (TPSA) is 59.4 Å². The smallest absolute Gasteiger partial charge is 0.193 e. The second-order valence-corrected chi connectivity index (χ2v) is 3.64. The molecule has 0 amide bonds. The number of aromatic hydroxyl groups is 1. The van der Waals surface area contributed by atoms with Gasteiger partial charge in [0.15, 0.2) is 5.22 Å². The maximum atomic E-state index is 9.31. The standard InChI is InChI=1S/C11H10ClNO2/c12-11-4-2-9(15-11)6-7-5-8(14)1-3-10(7)13/h1-5,14H,6,13H2. The molecule has 3 N–H and O–H groups in total. The van der Waals surface area contributed by atoms with Crippen LogP contribution in [0.1, 0.15) is 11.3 Å². The molecule has 4 heteroatoms. The molecule has 0 aliphatic carbocycles. The molecule has 2 rings (SSSR count). The van der Waals surface area contributed by atoms with Crippen molar-refractivity contribution < 1.29 is 9.52 Å². The SMILES string of the molecule is Nc1ccc(O)cc1Cc1ccc(Cl)o1. The number of benzene rings is 1. The van der Waals surface area contributed by atoms with Gasteiger partial charge in [0.2, 0.25) is 0 Å². The summed E-state index contributed by atoms with van der Waals surface area (Å²) < 4.78 is 5.21. The third-order valence-corrected chi connectivity index (χ3v) is 2.32. The Morgan fingerprint density at radius 1 is 1.27 bits per heavy atom. The number of halogens is 1. The van der Waals surface area contributed by atoms with Crippen LogP contribution in [-0.4, -0.2) is 5.11 Å². The summed E-state index contributed by atoms with van der Waals surface area (Å²) in [5, 5.41) is 9.66. The van der Waals surface area contributed by atoms with E-state index < -0.39 is 0 Å². The molecule has 0 unspecified atom stereocenters. The van der Waals surface area contributed by atoms with E-state index in [1.807, 2.05) is 0 Å². The molecule has 1 heterocycles. The second kappa shape index (κ2) is 3.87. The van der Waals surface area contributed by atoms with Crippen LogP contribution in [0, 0.1) is 0 Å². The van der Waals surface area contributed by atoms with E-state index in [0.29, 0.717) is 17.3 Å². The zero-order valence-corrected chi connectivity index (χ0v) is 8.66. The highest BCUT2D eigenvalue weighted by molar-refractivity contribution is 6.28. The van der Waals surface area contributed by atoms with E-state index in [9.17, 15) is 5.11 Å². The summed E-state index contributed by atoms with van der Waals surface area (Å²) in [6, 6.07) is 8.29. The van der Waals surface area contributed by atoms with Crippen molar-refractivity contribution >= 4 is 17.3 Å². The van der Waals surface area contributed by atoms with E-state index in [4.69, 9.17) is 21.8 Å². The lowest BCUT2D eigenvalue weighted by Crippen LogP contribution is -1.94. The molecule has 15 heavy (non-hydrogen) atoms. The predicted octanol–water partition coefficient (Wildman–Crippen LogP) is 2.81. The average molecular weight is 224 g/mol. The van der Waals surface area contributed by atoms with Crippen molar-refractivity contribution in [1.29, 1.82) is 0 Å². The van der Waals surface area contributed by atoms with Crippen LogP contribution in [0.4, 0.5) is 5.69 Å². The van der Waals surface area contributed by atoms with E-state index >= 15 is 0 Å². The number of furan rings is 1. The zero-order valence-electron chi connectivity index (χ0n) is 7.90. The number of rotatable bonds is 2. The highest BCUT2D eigenvalue weighted by Crippen LogP contribution is 2.23. The fourth-order valence-electron chi connectivity index (χ4n) is 1.38. The fraction of sp³-hybridized carbons (Fsp3) is 0.0909. The van der Waals surface area contributed by atoms with Gasteiger partial charge in [-0.15, -0.1) is 0 Å². The number of hydrogen-bond donors (Lipinski definition) is 2. The first kappa shape index (κ1) is 9.93. The minimum atomic E-state index is 0.192. The van der Waals surface area contributed by atoms with Crippen LogP contribution in [0.15, 0.2) is 34.7 Å². The average Bonchev–Trinajstić information content (AvgIpc) is 2.58. The Labute approximate surface area is 92.1 Å². The summed E-state index contributed by atoms with van der Waals surface area (Å²) >= 11 is 5.65. The number of phenolic OH excluding ortho intramolecular Hbond substituents is 1. The van der Waals surface area contributed by atoms with Gasteiger partial charge < -0.3 is 15.3 Å². The van der Waals surface area contributed by atoms with Crippen LogP contribution in [-0.2, 0) is 6.42 Å². The minimum absolute atomic E-state index is 0.192. The number of nitrogen functional groups attached to an aromatic ring is 1. The Balaban J connectivity index is 2.27. The van der Waals surface area contributed by atoms with Crippen molar-refractivity contribution in [3.8, 4) is 5.75 Å². The Hall–Kier alpha value is -1.61. The summed E-state index contributed by atoms with van der Waals surface area (Å²) in [5.74, 6) is 0.911. The third-order valence-electron chi connectivity index (χ3n) is 2.12. The monoisotopic (exact) mass is 223 g/mol. The van der Waals surface area contributed by atoms with E-state index in [0.717, 1.165) is 11.3 Å². The van der Waals surface area contributed by atoms with Crippen molar-refractivity contribution in [3.63, 3.8) is 0 Å². The predicted molar refractivity (Wildman–Crippen MR) is 59.0 cm³/mol. The fourth-order valence-corrected chi connectivity index (χ4v) is 1.54. The first-order chi connectivity index (χ1) is 7.15. The molecule has 0 spiro atoms. The molecule has 2 aromatic rings. The van der Waals surface area contributed by atoms with Gasteiger partial charge in [-0.1, -0.05) is 0 Å². The lowest BCUT2D eigenvalue weighted by molar-refractivity contribution is 0.474. The van der Waals surface area contributed by atoms with Gasteiger partial charge in [0, 0.05) is 12.1 Å². The molecule has 0 aliphatic rings. The molecule has 1 aromatic carbocycles. The second-order valence-electron chi connectivity index (χ2n) is 3.27. The lowest BCUT2D eigenvalue weighted by atomic mass is 10.1. The van der Waals surface area contributed by atoms with Crippen molar-refractivity contribution in [2.24, 2.45) is 0 Å². The first-order valence-electron chi connectivity index (χ1n) is 4.47. The summed E-state index contributed by atoms with van der Waals surface area (Å²) in [5.41, 5.74) is 7.20. The summed E-state index contributed by atoms with van der Waals surface area (Å²) in [6.07, 6.45) is 0.521. The third kappa shape index (κ3) is 2.25. The van der Waals surface area contributed by atoms with E-state index in [2.05, 4.69) is 0 Å². The molecule has 0 atom stereocenters. The van der Waals surface area contributed by atoms with Gasteiger partial charge in [-0.25, -0.2) is 0 Å². The van der Waals surface area contributed by atoms with Gasteiger partial charge in [-0.3, -0.25) is 0 Å². The van der Waals surface area contributed by atoms with Crippen molar-refractivity contribution in [2.45, 2.75) is 6.42 Å². The number of nitrogens with two attached hydrogens (primary N) is 1. The van der Waals surface area contributed by atoms with Gasteiger partial charge in [-0.05, 0) is 47.5 Å². The summed E-state index contributed by atoms with van der Waals surface area (Å²) in [6.45, 7) is 0. The van der Waals surface area contributed by atoms with Crippen LogP contribution in [0.5, 0.6) is 5.75 Å². The molecule has 0 bridgehead atoms. The van der Waals surface area contributed by atoms with Gasteiger partial charge in [0.25, 0.3) is 0 Å².